The SMILES string of the molecule is Cc1nnc(C(C)N2CCC3(CC2)OCCc2ccsc23)o1. The van der Waals surface area contributed by atoms with Gasteiger partial charge >= 0.3 is 0 Å². The van der Waals surface area contributed by atoms with Crippen molar-refractivity contribution in [2.75, 3.05) is 19.7 Å². The Kier molecular flexibility index (Phi) is 3.55. The zero-order valence-electron chi connectivity index (χ0n) is 13.0. The first-order chi connectivity index (χ1) is 10.7. The zero-order valence-corrected chi connectivity index (χ0v) is 13.9. The predicted molar refractivity (Wildman–Crippen MR) is 83.9 cm³/mol. The molecule has 1 fully saturated rings. The molecule has 4 heterocycles. The first kappa shape index (κ1) is 14.4. The van der Waals surface area contributed by atoms with Crippen molar-refractivity contribution < 1.29 is 9.15 Å². The van der Waals surface area contributed by atoms with Crippen LogP contribution in [-0.2, 0) is 16.8 Å². The first-order valence-corrected chi connectivity index (χ1v) is 8.81. The van der Waals surface area contributed by atoms with Crippen molar-refractivity contribution in [1.29, 1.82) is 0 Å². The van der Waals surface area contributed by atoms with Gasteiger partial charge in [0.1, 0.15) is 5.60 Å². The van der Waals surface area contributed by atoms with E-state index in [4.69, 9.17) is 9.15 Å². The van der Waals surface area contributed by atoms with E-state index in [-0.39, 0.29) is 11.6 Å². The van der Waals surface area contributed by atoms with Crippen LogP contribution in [0.5, 0.6) is 0 Å². The van der Waals surface area contributed by atoms with Gasteiger partial charge in [0.25, 0.3) is 0 Å². The highest BCUT2D eigenvalue weighted by Crippen LogP contribution is 2.45. The van der Waals surface area contributed by atoms with Gasteiger partial charge in [-0.05, 0) is 43.2 Å². The largest absolute Gasteiger partial charge is 0.424 e. The number of thiophene rings is 1. The highest BCUT2D eigenvalue weighted by atomic mass is 32.1. The van der Waals surface area contributed by atoms with Gasteiger partial charge in [-0.3, -0.25) is 4.90 Å². The second-order valence-corrected chi connectivity index (χ2v) is 7.16. The lowest BCUT2D eigenvalue weighted by Gasteiger charge is -2.44. The Bertz CT molecular complexity index is 658. The second-order valence-electron chi connectivity index (χ2n) is 6.24. The maximum Gasteiger partial charge on any atom is 0.233 e. The van der Waals surface area contributed by atoms with Crippen LogP contribution >= 0.6 is 11.3 Å². The van der Waals surface area contributed by atoms with Crippen molar-refractivity contribution in [3.8, 4) is 0 Å². The van der Waals surface area contributed by atoms with Gasteiger partial charge in [0.05, 0.1) is 12.6 Å². The molecule has 0 N–H and O–H groups in total. The third kappa shape index (κ3) is 2.30. The summed E-state index contributed by atoms with van der Waals surface area (Å²) < 4.78 is 11.8. The van der Waals surface area contributed by atoms with Crippen LogP contribution in [0.4, 0.5) is 0 Å². The van der Waals surface area contributed by atoms with Crippen molar-refractivity contribution in [3.63, 3.8) is 0 Å². The topological polar surface area (TPSA) is 51.4 Å². The van der Waals surface area contributed by atoms with Gasteiger partial charge in [0.15, 0.2) is 0 Å². The van der Waals surface area contributed by atoms with Gasteiger partial charge in [0.2, 0.25) is 11.8 Å². The Balaban J connectivity index is 1.49. The third-order valence-corrected chi connectivity index (χ3v) is 6.10. The maximum absolute atomic E-state index is 6.26. The monoisotopic (exact) mass is 319 g/mol. The summed E-state index contributed by atoms with van der Waals surface area (Å²) in [6, 6.07) is 2.44. The quantitative estimate of drug-likeness (QED) is 0.851. The van der Waals surface area contributed by atoms with Crippen molar-refractivity contribution >= 4 is 11.3 Å². The Morgan fingerprint density at radius 3 is 2.86 bits per heavy atom. The average molecular weight is 319 g/mol. The Morgan fingerprint density at radius 1 is 1.32 bits per heavy atom. The van der Waals surface area contributed by atoms with Crippen LogP contribution in [-0.4, -0.2) is 34.8 Å². The molecule has 2 aromatic rings. The molecule has 1 unspecified atom stereocenters. The lowest BCUT2D eigenvalue weighted by Crippen LogP contribution is -2.46. The predicted octanol–water partition coefficient (Wildman–Crippen LogP) is 3.06. The fourth-order valence-corrected chi connectivity index (χ4v) is 4.80. The number of rotatable bonds is 2. The zero-order chi connectivity index (χ0) is 15.2. The number of hydrogen-bond donors (Lipinski definition) is 0. The lowest BCUT2D eigenvalue weighted by molar-refractivity contribution is -0.100. The van der Waals surface area contributed by atoms with E-state index in [1.54, 1.807) is 0 Å². The molecule has 1 spiro atoms. The Hall–Kier alpha value is -1.24. The molecule has 6 heteroatoms. The van der Waals surface area contributed by atoms with E-state index in [0.717, 1.165) is 44.8 Å². The van der Waals surface area contributed by atoms with Gasteiger partial charge in [-0.1, -0.05) is 0 Å². The number of aromatic nitrogens is 2. The number of nitrogens with zero attached hydrogens (tertiary/aromatic N) is 3. The summed E-state index contributed by atoms with van der Waals surface area (Å²) in [5.41, 5.74) is 1.44. The van der Waals surface area contributed by atoms with E-state index >= 15 is 0 Å². The average Bonchev–Trinajstić information content (AvgIpc) is 3.17. The van der Waals surface area contributed by atoms with Crippen LogP contribution in [0, 0.1) is 6.92 Å². The third-order valence-electron chi connectivity index (χ3n) is 4.96. The molecule has 118 valence electrons. The van der Waals surface area contributed by atoms with Gasteiger partial charge in [-0.2, -0.15) is 0 Å². The molecule has 2 aromatic heterocycles. The van der Waals surface area contributed by atoms with E-state index in [9.17, 15) is 0 Å². The van der Waals surface area contributed by atoms with Crippen molar-refractivity contribution in [2.45, 2.75) is 44.8 Å². The molecule has 5 nitrogen and oxygen atoms in total. The van der Waals surface area contributed by atoms with E-state index in [0.29, 0.717) is 5.89 Å². The molecule has 1 saturated heterocycles. The van der Waals surface area contributed by atoms with Crippen molar-refractivity contribution in [2.24, 2.45) is 0 Å². The van der Waals surface area contributed by atoms with Crippen molar-refractivity contribution in [3.05, 3.63) is 33.7 Å². The summed E-state index contributed by atoms with van der Waals surface area (Å²) >= 11 is 1.86. The summed E-state index contributed by atoms with van der Waals surface area (Å²) in [6.45, 7) is 6.83. The van der Waals surface area contributed by atoms with Crippen LogP contribution < -0.4 is 0 Å². The number of fused-ring (bicyclic) bond motifs is 2. The molecule has 0 saturated carbocycles. The van der Waals surface area contributed by atoms with E-state index in [1.807, 2.05) is 18.3 Å². The smallest absolute Gasteiger partial charge is 0.233 e. The van der Waals surface area contributed by atoms with Crippen LogP contribution in [0.1, 0.15) is 48.0 Å². The van der Waals surface area contributed by atoms with E-state index < -0.39 is 0 Å². The van der Waals surface area contributed by atoms with Crippen molar-refractivity contribution in [1.82, 2.24) is 15.1 Å². The van der Waals surface area contributed by atoms with Gasteiger partial charge in [-0.25, -0.2) is 0 Å². The maximum atomic E-state index is 6.26. The fraction of sp³-hybridized carbons (Fsp3) is 0.625. The molecule has 0 aliphatic carbocycles. The summed E-state index contributed by atoms with van der Waals surface area (Å²) in [5, 5.41) is 10.3. The van der Waals surface area contributed by atoms with E-state index in [1.165, 1.54) is 10.4 Å². The number of ether oxygens (including phenoxy) is 1. The molecular formula is C16H21N3O2S. The van der Waals surface area contributed by atoms with Gasteiger partial charge < -0.3 is 9.15 Å². The Morgan fingerprint density at radius 2 is 2.14 bits per heavy atom. The highest BCUT2D eigenvalue weighted by molar-refractivity contribution is 7.10. The first-order valence-electron chi connectivity index (χ1n) is 7.93. The standard InChI is InChI=1S/C16H21N3O2S/c1-11(15-18-17-12(2)21-15)19-7-5-16(6-8-19)14-13(3-9-20-16)4-10-22-14/h4,10-11H,3,5-9H2,1-2H3. The van der Waals surface area contributed by atoms with E-state index in [2.05, 4.69) is 33.5 Å². The van der Waals surface area contributed by atoms with Crippen LogP contribution in [0.15, 0.2) is 15.9 Å². The molecule has 4 rings (SSSR count). The molecule has 2 aliphatic rings. The summed E-state index contributed by atoms with van der Waals surface area (Å²) in [5.74, 6) is 1.35. The molecule has 2 aliphatic heterocycles. The number of aryl methyl sites for hydroxylation is 1. The fourth-order valence-electron chi connectivity index (χ4n) is 3.64. The molecular weight excluding hydrogens is 298 g/mol. The summed E-state index contributed by atoms with van der Waals surface area (Å²) in [7, 11) is 0. The minimum Gasteiger partial charge on any atom is -0.424 e. The van der Waals surface area contributed by atoms with Gasteiger partial charge in [0, 0.05) is 24.9 Å². The number of piperidine rings is 1. The summed E-state index contributed by atoms with van der Waals surface area (Å²) in [4.78, 5) is 3.88. The lowest BCUT2D eigenvalue weighted by atomic mass is 9.85. The molecule has 0 aromatic carbocycles. The van der Waals surface area contributed by atoms with Gasteiger partial charge in [-0.15, -0.1) is 21.5 Å². The minimum absolute atomic E-state index is 0.0528. The van der Waals surface area contributed by atoms with Crippen LogP contribution in [0.2, 0.25) is 0 Å². The Labute approximate surface area is 134 Å². The minimum atomic E-state index is -0.0528. The molecule has 1 atom stereocenters. The highest BCUT2D eigenvalue weighted by Gasteiger charge is 2.42. The summed E-state index contributed by atoms with van der Waals surface area (Å²) in [6.07, 6.45) is 3.14. The number of likely N-dealkylation sites (tertiary alicyclic amines) is 1. The second kappa shape index (κ2) is 5.44. The molecule has 0 bridgehead atoms. The molecule has 22 heavy (non-hydrogen) atoms. The normalized spacial score (nSPS) is 22.6. The number of hydrogen-bond acceptors (Lipinski definition) is 6. The van der Waals surface area contributed by atoms with Crippen LogP contribution in [0.3, 0.4) is 0 Å². The molecule has 0 radical (unpaired) electrons. The molecule has 0 amide bonds. The van der Waals surface area contributed by atoms with Crippen LogP contribution in [0.25, 0.3) is 0 Å².